The summed E-state index contributed by atoms with van der Waals surface area (Å²) >= 11 is 6.01. The average Bonchev–Trinajstić information content (AvgIpc) is 2.78. The van der Waals surface area contributed by atoms with Crippen molar-refractivity contribution in [2.45, 2.75) is 51.5 Å². The van der Waals surface area contributed by atoms with E-state index in [-0.39, 0.29) is 59.1 Å². The standard InChI is InChI=1S/C26H33ClN2O6S.Na.H/c1-17(2)22(28-23(30)19-7-5-6-18(14-19)15-36(33,34)35)24(31)29-13-12-26(32,25(3,4)16-29)20-8-10-21(27)11-9-20;;/h5-11,14,17,22,32H,12-13,15-16H2,1-4H3,(H,28,30)(H,33,34,35);;/t22-,26+;;/m1../s1. The molecular formula is C26H34ClN2NaO6S. The van der Waals surface area contributed by atoms with Crippen LogP contribution in [0.2, 0.25) is 5.02 Å². The number of rotatable bonds is 7. The molecule has 1 heterocycles. The first-order valence-electron chi connectivity index (χ1n) is 11.8. The number of nitrogens with one attached hydrogen (secondary N) is 1. The number of hydrogen-bond donors (Lipinski definition) is 3. The summed E-state index contributed by atoms with van der Waals surface area (Å²) < 4.78 is 31.5. The third-order valence-corrected chi connectivity index (χ3v) is 7.79. The van der Waals surface area contributed by atoms with Gasteiger partial charge in [0.25, 0.3) is 16.0 Å². The van der Waals surface area contributed by atoms with Gasteiger partial charge in [-0.2, -0.15) is 8.42 Å². The van der Waals surface area contributed by atoms with Crippen LogP contribution in [0.3, 0.4) is 0 Å². The predicted molar refractivity (Wildman–Crippen MR) is 145 cm³/mol. The zero-order chi connectivity index (χ0) is 26.9. The quantitative estimate of drug-likeness (QED) is 0.353. The fraction of sp³-hybridized carbons (Fsp3) is 0.462. The van der Waals surface area contributed by atoms with Gasteiger partial charge in [0, 0.05) is 29.1 Å². The number of likely N-dealkylation sites (tertiary alicyclic amines) is 1. The topological polar surface area (TPSA) is 124 Å². The van der Waals surface area contributed by atoms with Crippen molar-refractivity contribution in [2.75, 3.05) is 13.1 Å². The molecule has 0 aromatic heterocycles. The van der Waals surface area contributed by atoms with E-state index in [0.717, 1.165) is 5.56 Å². The number of nitrogens with zero attached hydrogens (tertiary/aromatic N) is 1. The molecule has 198 valence electrons. The van der Waals surface area contributed by atoms with Crippen LogP contribution in [0, 0.1) is 11.3 Å². The van der Waals surface area contributed by atoms with Gasteiger partial charge in [-0.1, -0.05) is 63.6 Å². The Morgan fingerprint density at radius 1 is 1.14 bits per heavy atom. The van der Waals surface area contributed by atoms with Gasteiger partial charge in [-0.25, -0.2) is 0 Å². The second-order valence-corrected chi connectivity index (χ2v) is 12.3. The van der Waals surface area contributed by atoms with Gasteiger partial charge in [0.2, 0.25) is 5.91 Å². The number of carbonyl (C=O) groups excluding carboxylic acids is 2. The summed E-state index contributed by atoms with van der Waals surface area (Å²) in [5.74, 6) is -1.60. The second-order valence-electron chi connectivity index (χ2n) is 10.4. The van der Waals surface area contributed by atoms with E-state index in [0.29, 0.717) is 18.0 Å². The Hall–Kier alpha value is -1.46. The third-order valence-electron chi connectivity index (χ3n) is 6.84. The molecule has 2 atom stereocenters. The van der Waals surface area contributed by atoms with Gasteiger partial charge in [0.15, 0.2) is 0 Å². The van der Waals surface area contributed by atoms with Crippen molar-refractivity contribution >= 4 is 63.1 Å². The van der Waals surface area contributed by atoms with Gasteiger partial charge in [-0.3, -0.25) is 14.1 Å². The molecule has 8 nitrogen and oxygen atoms in total. The van der Waals surface area contributed by atoms with Gasteiger partial charge in [0.05, 0.1) is 5.60 Å². The molecule has 0 bridgehead atoms. The fourth-order valence-electron chi connectivity index (χ4n) is 4.72. The van der Waals surface area contributed by atoms with Crippen LogP contribution in [0.25, 0.3) is 0 Å². The van der Waals surface area contributed by atoms with Crippen LogP contribution in [-0.2, 0) is 26.3 Å². The van der Waals surface area contributed by atoms with E-state index in [4.69, 9.17) is 16.2 Å². The first-order valence-corrected chi connectivity index (χ1v) is 13.7. The Morgan fingerprint density at radius 2 is 1.76 bits per heavy atom. The van der Waals surface area contributed by atoms with Crippen molar-refractivity contribution in [3.63, 3.8) is 0 Å². The number of hydrogen-bond acceptors (Lipinski definition) is 5. The Morgan fingerprint density at radius 3 is 2.30 bits per heavy atom. The van der Waals surface area contributed by atoms with Crippen molar-refractivity contribution in [2.24, 2.45) is 11.3 Å². The monoisotopic (exact) mass is 560 g/mol. The molecule has 0 aliphatic carbocycles. The SMILES string of the molecule is CC(C)[C@@H](NC(=O)c1cccc(CS(=O)(=O)O)c1)C(=O)N1CC[C@](O)(c2ccc(Cl)cc2)C(C)(C)C1.[NaH]. The van der Waals surface area contributed by atoms with Crippen molar-refractivity contribution in [3.8, 4) is 0 Å². The molecule has 2 aromatic rings. The maximum atomic E-state index is 13.5. The molecular weight excluding hydrogens is 527 g/mol. The number of piperidine rings is 1. The molecule has 3 N–H and O–H groups in total. The Balaban J connectivity index is 0.00000481. The van der Waals surface area contributed by atoms with Crippen LogP contribution in [0.5, 0.6) is 0 Å². The summed E-state index contributed by atoms with van der Waals surface area (Å²) in [6, 6.07) is 12.2. The normalized spacial score (nSPS) is 20.2. The Bertz CT molecular complexity index is 1240. The van der Waals surface area contributed by atoms with E-state index in [2.05, 4.69) is 5.32 Å². The molecule has 3 rings (SSSR count). The van der Waals surface area contributed by atoms with Gasteiger partial charge >= 0.3 is 29.6 Å². The fourth-order valence-corrected chi connectivity index (χ4v) is 5.45. The van der Waals surface area contributed by atoms with Crippen LogP contribution >= 0.6 is 11.6 Å². The van der Waals surface area contributed by atoms with E-state index >= 15 is 0 Å². The van der Waals surface area contributed by atoms with Crippen LogP contribution in [-0.4, -0.2) is 83.5 Å². The molecule has 0 radical (unpaired) electrons. The number of halogens is 1. The Labute approximate surface area is 245 Å². The number of benzene rings is 2. The summed E-state index contributed by atoms with van der Waals surface area (Å²) in [4.78, 5) is 28.2. The molecule has 1 aliphatic heterocycles. The van der Waals surface area contributed by atoms with E-state index in [9.17, 15) is 23.1 Å². The average molecular weight is 561 g/mol. The molecule has 0 spiro atoms. The molecule has 1 saturated heterocycles. The molecule has 1 aliphatic rings. The van der Waals surface area contributed by atoms with Crippen molar-refractivity contribution in [1.82, 2.24) is 10.2 Å². The van der Waals surface area contributed by atoms with Crippen LogP contribution in [0.15, 0.2) is 48.5 Å². The molecule has 2 aromatic carbocycles. The predicted octanol–water partition coefficient (Wildman–Crippen LogP) is 2.98. The van der Waals surface area contributed by atoms with Crippen LogP contribution in [0.1, 0.15) is 55.6 Å². The molecule has 1 fully saturated rings. The number of aliphatic hydroxyl groups is 1. The maximum absolute atomic E-state index is 13.5. The Kier molecular flexibility index (Phi) is 10.4. The number of amides is 2. The molecule has 11 heteroatoms. The van der Waals surface area contributed by atoms with Crippen LogP contribution in [0.4, 0.5) is 0 Å². The zero-order valence-corrected chi connectivity index (χ0v) is 22.4. The molecule has 37 heavy (non-hydrogen) atoms. The van der Waals surface area contributed by atoms with Crippen molar-refractivity contribution in [1.29, 1.82) is 0 Å². The number of carbonyl (C=O) groups is 2. The summed E-state index contributed by atoms with van der Waals surface area (Å²) in [5.41, 5.74) is -0.645. The first-order chi connectivity index (χ1) is 16.6. The molecule has 0 unspecified atom stereocenters. The van der Waals surface area contributed by atoms with E-state index in [1.54, 1.807) is 29.2 Å². The molecule has 0 saturated carbocycles. The summed E-state index contributed by atoms with van der Waals surface area (Å²) in [6.07, 6.45) is 0.323. The van der Waals surface area contributed by atoms with Crippen molar-refractivity contribution in [3.05, 3.63) is 70.2 Å². The van der Waals surface area contributed by atoms with Gasteiger partial charge in [-0.15, -0.1) is 0 Å². The summed E-state index contributed by atoms with van der Waals surface area (Å²) in [5, 5.41) is 15.0. The summed E-state index contributed by atoms with van der Waals surface area (Å²) in [6.45, 7) is 8.07. The van der Waals surface area contributed by atoms with Gasteiger partial charge in [-0.05, 0) is 47.7 Å². The van der Waals surface area contributed by atoms with E-state index in [1.165, 1.54) is 24.3 Å². The molecule has 2 amide bonds. The minimum absolute atomic E-state index is 0. The van der Waals surface area contributed by atoms with Gasteiger partial charge in [0.1, 0.15) is 11.8 Å². The van der Waals surface area contributed by atoms with E-state index in [1.807, 2.05) is 27.7 Å². The first kappa shape index (κ1) is 31.8. The van der Waals surface area contributed by atoms with Crippen LogP contribution < -0.4 is 5.32 Å². The van der Waals surface area contributed by atoms with Gasteiger partial charge < -0.3 is 15.3 Å². The zero-order valence-electron chi connectivity index (χ0n) is 20.9. The minimum atomic E-state index is -4.25. The van der Waals surface area contributed by atoms with Crippen molar-refractivity contribution < 1.29 is 27.7 Å². The third kappa shape index (κ3) is 7.56. The van der Waals surface area contributed by atoms with E-state index < -0.39 is 38.8 Å². The second kappa shape index (κ2) is 12.2. The summed E-state index contributed by atoms with van der Waals surface area (Å²) in [7, 11) is -4.25.